The van der Waals surface area contributed by atoms with Gasteiger partial charge in [-0.3, -0.25) is 4.90 Å². The van der Waals surface area contributed by atoms with Gasteiger partial charge in [0.1, 0.15) is 0 Å². The maximum Gasteiger partial charge on any atom is 0.389 e. The number of aryl methyl sites for hydroxylation is 2. The summed E-state index contributed by atoms with van der Waals surface area (Å²) in [4.78, 5) is 2.09. The maximum absolute atomic E-state index is 12.7. The minimum Gasteiger partial charge on any atom is -0.327 e. The summed E-state index contributed by atoms with van der Waals surface area (Å²) in [5.74, 6) is -0.378. The molecule has 3 rings (SSSR count). The van der Waals surface area contributed by atoms with Gasteiger partial charge in [0.25, 0.3) is 0 Å². The molecule has 0 amide bonds. The Morgan fingerprint density at radius 3 is 2.57 bits per heavy atom. The highest BCUT2D eigenvalue weighted by atomic mass is 19.4. The summed E-state index contributed by atoms with van der Waals surface area (Å²) in [6.45, 7) is 1.88. The molecule has 2 atom stereocenters. The van der Waals surface area contributed by atoms with Gasteiger partial charge in [-0.2, -0.15) is 13.2 Å². The van der Waals surface area contributed by atoms with E-state index in [1.54, 1.807) is 0 Å². The number of hydrogen-bond acceptors (Lipinski definition) is 2. The first-order valence-corrected chi connectivity index (χ1v) is 8.54. The van der Waals surface area contributed by atoms with Crippen LogP contribution in [0.3, 0.4) is 0 Å². The third-order valence-corrected chi connectivity index (χ3v) is 4.98. The van der Waals surface area contributed by atoms with E-state index in [0.29, 0.717) is 26.1 Å². The second-order valence-electron chi connectivity index (χ2n) is 7.19. The topological polar surface area (TPSA) is 29.3 Å². The molecule has 0 bridgehead atoms. The van der Waals surface area contributed by atoms with Crippen LogP contribution in [0.1, 0.15) is 42.4 Å². The lowest BCUT2D eigenvalue weighted by Gasteiger charge is -2.36. The Labute approximate surface area is 135 Å². The van der Waals surface area contributed by atoms with Crippen molar-refractivity contribution in [3.05, 3.63) is 34.9 Å². The predicted molar refractivity (Wildman–Crippen MR) is 85.1 cm³/mol. The number of likely N-dealkylation sites (tertiary alicyclic amines) is 1. The molecular weight excluding hydrogens is 301 g/mol. The van der Waals surface area contributed by atoms with Crippen LogP contribution in [0.25, 0.3) is 0 Å². The summed E-state index contributed by atoms with van der Waals surface area (Å²) in [5, 5.41) is 0. The van der Waals surface area contributed by atoms with Crippen LogP contribution in [0, 0.1) is 5.92 Å². The Morgan fingerprint density at radius 2 is 1.83 bits per heavy atom. The van der Waals surface area contributed by atoms with Crippen LogP contribution in [-0.4, -0.2) is 30.2 Å². The molecule has 0 aromatic heterocycles. The summed E-state index contributed by atoms with van der Waals surface area (Å²) < 4.78 is 38.0. The molecule has 2 nitrogen and oxygen atoms in total. The minimum absolute atomic E-state index is 0.159. The number of nitrogens with zero attached hydrogens (tertiary/aromatic N) is 1. The van der Waals surface area contributed by atoms with Crippen LogP contribution in [0.2, 0.25) is 0 Å². The number of hydrogen-bond donors (Lipinski definition) is 1. The Morgan fingerprint density at radius 1 is 1.09 bits per heavy atom. The third-order valence-electron chi connectivity index (χ3n) is 4.98. The fourth-order valence-corrected chi connectivity index (χ4v) is 4.10. The average Bonchev–Trinajstić information content (AvgIpc) is 2.44. The first-order valence-electron chi connectivity index (χ1n) is 8.54. The summed E-state index contributed by atoms with van der Waals surface area (Å²) in [6, 6.07) is 6.41. The van der Waals surface area contributed by atoms with Gasteiger partial charge in [-0.1, -0.05) is 18.2 Å². The highest BCUT2D eigenvalue weighted by Gasteiger charge is 2.35. The number of piperidine rings is 1. The molecule has 1 aromatic rings. The van der Waals surface area contributed by atoms with Crippen LogP contribution < -0.4 is 5.73 Å². The number of fused-ring (bicyclic) bond motifs is 1. The van der Waals surface area contributed by atoms with E-state index in [1.165, 1.54) is 29.5 Å². The van der Waals surface area contributed by atoms with Crippen molar-refractivity contribution in [3.63, 3.8) is 0 Å². The summed E-state index contributed by atoms with van der Waals surface area (Å²) in [6.07, 6.45) is 0.420. The molecule has 0 saturated carbocycles. The molecule has 0 spiro atoms. The van der Waals surface area contributed by atoms with Crippen LogP contribution in [0.4, 0.5) is 13.2 Å². The fourth-order valence-electron chi connectivity index (χ4n) is 4.10. The van der Waals surface area contributed by atoms with Crippen molar-refractivity contribution in [1.82, 2.24) is 4.90 Å². The average molecular weight is 326 g/mol. The van der Waals surface area contributed by atoms with Crippen LogP contribution in [-0.2, 0) is 19.4 Å². The first kappa shape index (κ1) is 16.8. The summed E-state index contributed by atoms with van der Waals surface area (Å²) in [7, 11) is 0. The summed E-state index contributed by atoms with van der Waals surface area (Å²) in [5.41, 5.74) is 10.0. The van der Waals surface area contributed by atoms with Gasteiger partial charge in [-0.15, -0.1) is 0 Å². The molecule has 1 aliphatic carbocycles. The van der Waals surface area contributed by atoms with Gasteiger partial charge in [-0.25, -0.2) is 0 Å². The van der Waals surface area contributed by atoms with Gasteiger partial charge in [0.2, 0.25) is 0 Å². The molecule has 1 saturated heterocycles. The maximum atomic E-state index is 12.7. The Bertz CT molecular complexity index is 542. The minimum atomic E-state index is -4.10. The van der Waals surface area contributed by atoms with Crippen LogP contribution >= 0.6 is 0 Å². The second kappa shape index (κ2) is 6.81. The van der Waals surface area contributed by atoms with E-state index in [4.69, 9.17) is 5.73 Å². The number of halogens is 3. The molecule has 1 fully saturated rings. The van der Waals surface area contributed by atoms with Gasteiger partial charge in [-0.05, 0) is 54.7 Å². The molecule has 2 unspecified atom stereocenters. The van der Waals surface area contributed by atoms with Gasteiger partial charge in [0.05, 0.1) is 0 Å². The molecule has 0 radical (unpaired) electrons. The fraction of sp³-hybridized carbons (Fsp3) is 0.667. The van der Waals surface area contributed by atoms with Crippen molar-refractivity contribution >= 4 is 0 Å². The Kier molecular flexibility index (Phi) is 4.97. The van der Waals surface area contributed by atoms with Crippen molar-refractivity contribution in [2.75, 3.05) is 13.1 Å². The van der Waals surface area contributed by atoms with Gasteiger partial charge in [0, 0.05) is 32.1 Å². The molecule has 1 aromatic carbocycles. The van der Waals surface area contributed by atoms with E-state index in [0.717, 1.165) is 12.8 Å². The number of rotatable bonds is 3. The molecule has 128 valence electrons. The quantitative estimate of drug-likeness (QED) is 0.918. The predicted octanol–water partition coefficient (Wildman–Crippen LogP) is 3.67. The normalized spacial score (nSPS) is 26.1. The molecule has 1 aliphatic heterocycles. The largest absolute Gasteiger partial charge is 0.389 e. The zero-order chi connectivity index (χ0) is 16.4. The van der Waals surface area contributed by atoms with E-state index in [1.807, 2.05) is 0 Å². The van der Waals surface area contributed by atoms with Crippen molar-refractivity contribution in [2.24, 2.45) is 11.7 Å². The zero-order valence-corrected chi connectivity index (χ0v) is 13.4. The van der Waals surface area contributed by atoms with Crippen LogP contribution in [0.15, 0.2) is 18.2 Å². The summed E-state index contributed by atoms with van der Waals surface area (Å²) >= 11 is 0. The third kappa shape index (κ3) is 4.70. The van der Waals surface area contributed by atoms with Crippen molar-refractivity contribution in [3.8, 4) is 0 Å². The lowest BCUT2D eigenvalue weighted by molar-refractivity contribution is -0.148. The SMILES string of the molecule is NC1CC(CC(F)(F)F)CN(Cc2ccc3c(c2)CCCC3)C1. The monoisotopic (exact) mass is 326 g/mol. The molecule has 2 aliphatic rings. The van der Waals surface area contributed by atoms with Crippen molar-refractivity contribution in [1.29, 1.82) is 0 Å². The lowest BCUT2D eigenvalue weighted by Crippen LogP contribution is -2.47. The van der Waals surface area contributed by atoms with Crippen LogP contribution in [0.5, 0.6) is 0 Å². The van der Waals surface area contributed by atoms with Crippen molar-refractivity contribution in [2.45, 2.75) is 57.3 Å². The van der Waals surface area contributed by atoms with Gasteiger partial charge < -0.3 is 5.73 Å². The van der Waals surface area contributed by atoms with E-state index in [-0.39, 0.29) is 12.0 Å². The molecule has 23 heavy (non-hydrogen) atoms. The molecule has 5 heteroatoms. The van der Waals surface area contributed by atoms with E-state index >= 15 is 0 Å². The molecule has 1 heterocycles. The number of alkyl halides is 3. The van der Waals surface area contributed by atoms with E-state index in [2.05, 4.69) is 23.1 Å². The van der Waals surface area contributed by atoms with E-state index in [9.17, 15) is 13.2 Å². The standard InChI is InChI=1S/C18H25F3N2/c19-18(20,21)9-14-8-17(22)12-23(11-14)10-13-5-6-15-3-1-2-4-16(15)7-13/h5-7,14,17H,1-4,8-12,22H2. The highest BCUT2D eigenvalue weighted by molar-refractivity contribution is 5.33. The zero-order valence-electron chi connectivity index (χ0n) is 13.4. The second-order valence-corrected chi connectivity index (χ2v) is 7.19. The highest BCUT2D eigenvalue weighted by Crippen LogP contribution is 2.31. The number of benzene rings is 1. The molecular formula is C18H25F3N2. The molecule has 2 N–H and O–H groups in total. The van der Waals surface area contributed by atoms with Gasteiger partial charge in [0.15, 0.2) is 0 Å². The Hall–Kier alpha value is -1.07. The van der Waals surface area contributed by atoms with Crippen molar-refractivity contribution < 1.29 is 13.2 Å². The first-order chi connectivity index (χ1) is 10.9. The smallest absolute Gasteiger partial charge is 0.327 e. The lowest BCUT2D eigenvalue weighted by atomic mass is 9.89. The Balaban J connectivity index is 1.64. The van der Waals surface area contributed by atoms with Gasteiger partial charge >= 0.3 is 6.18 Å². The number of nitrogens with two attached hydrogens (primary N) is 1. The van der Waals surface area contributed by atoms with E-state index < -0.39 is 12.6 Å².